The Labute approximate surface area is 188 Å². The lowest BCUT2D eigenvalue weighted by atomic mass is 9.97. The zero-order chi connectivity index (χ0) is 23.0. The van der Waals surface area contributed by atoms with Gasteiger partial charge in [-0.1, -0.05) is 36.4 Å². The van der Waals surface area contributed by atoms with Gasteiger partial charge in [0.15, 0.2) is 0 Å². The number of hydrogen-bond acceptors (Lipinski definition) is 4. The van der Waals surface area contributed by atoms with Crippen LogP contribution in [0.5, 0.6) is 0 Å². The Bertz CT molecular complexity index is 1350. The zero-order valence-electron chi connectivity index (χ0n) is 18.0. The molecule has 1 aliphatic heterocycles. The van der Waals surface area contributed by atoms with Crippen LogP contribution in [0.3, 0.4) is 0 Å². The fourth-order valence-electron chi connectivity index (χ4n) is 4.62. The quantitative estimate of drug-likeness (QED) is 0.490. The summed E-state index contributed by atoms with van der Waals surface area (Å²) in [5, 5.41) is 10.7. The predicted octanol–water partition coefficient (Wildman–Crippen LogP) is 3.90. The van der Waals surface area contributed by atoms with Gasteiger partial charge in [-0.05, 0) is 42.3 Å². The molecule has 9 heteroatoms. The summed E-state index contributed by atoms with van der Waals surface area (Å²) in [6, 6.07) is 13.3. The molecule has 172 valence electrons. The SMILES string of the molecule is O=c1c2cn[nH]c2c2ccc(-c3ccccc3CN3CCCNCC3)cc2n1CC(F)(F)F. The molecular weight excluding hydrogens is 431 g/mol. The maximum Gasteiger partial charge on any atom is 0.406 e. The summed E-state index contributed by atoms with van der Waals surface area (Å²) < 4.78 is 40.9. The number of rotatable bonds is 4. The molecule has 0 atom stereocenters. The summed E-state index contributed by atoms with van der Waals surface area (Å²) in [7, 11) is 0. The Kier molecular flexibility index (Phi) is 5.67. The minimum absolute atomic E-state index is 0.148. The average molecular weight is 455 g/mol. The first-order valence-electron chi connectivity index (χ1n) is 11.0. The second kappa shape index (κ2) is 8.64. The van der Waals surface area contributed by atoms with Crippen molar-refractivity contribution < 1.29 is 13.2 Å². The van der Waals surface area contributed by atoms with Crippen molar-refractivity contribution in [2.45, 2.75) is 25.7 Å². The highest BCUT2D eigenvalue weighted by Gasteiger charge is 2.30. The maximum atomic E-state index is 13.4. The highest BCUT2D eigenvalue weighted by molar-refractivity contribution is 6.04. The molecule has 2 N–H and O–H groups in total. The molecule has 1 aliphatic rings. The normalized spacial score (nSPS) is 15.8. The molecule has 0 bridgehead atoms. The second-order valence-electron chi connectivity index (χ2n) is 8.43. The Morgan fingerprint density at radius 1 is 1.03 bits per heavy atom. The summed E-state index contributed by atoms with van der Waals surface area (Å²) in [5.74, 6) is 0. The monoisotopic (exact) mass is 455 g/mol. The van der Waals surface area contributed by atoms with Gasteiger partial charge in [0.05, 0.1) is 22.6 Å². The van der Waals surface area contributed by atoms with Crippen LogP contribution in [0.25, 0.3) is 32.9 Å². The van der Waals surface area contributed by atoms with E-state index in [0.29, 0.717) is 10.9 Å². The molecule has 3 heterocycles. The van der Waals surface area contributed by atoms with Crippen LogP contribution in [0.2, 0.25) is 0 Å². The first kappa shape index (κ1) is 21.7. The molecule has 0 unspecified atom stereocenters. The van der Waals surface area contributed by atoms with E-state index in [1.807, 2.05) is 24.3 Å². The molecule has 5 rings (SSSR count). The summed E-state index contributed by atoms with van der Waals surface area (Å²) in [5.41, 5.74) is 2.82. The van der Waals surface area contributed by atoms with Gasteiger partial charge in [-0.3, -0.25) is 19.4 Å². The number of pyridine rings is 1. The molecule has 33 heavy (non-hydrogen) atoms. The van der Waals surface area contributed by atoms with Gasteiger partial charge in [0.1, 0.15) is 6.54 Å². The number of benzene rings is 2. The third kappa shape index (κ3) is 4.38. The number of aromatic nitrogens is 3. The highest BCUT2D eigenvalue weighted by Crippen LogP contribution is 2.31. The van der Waals surface area contributed by atoms with Crippen LogP contribution in [0.1, 0.15) is 12.0 Å². The van der Waals surface area contributed by atoms with E-state index in [-0.39, 0.29) is 10.9 Å². The van der Waals surface area contributed by atoms with E-state index in [1.165, 1.54) is 6.20 Å². The lowest BCUT2D eigenvalue weighted by Gasteiger charge is -2.21. The number of nitrogens with one attached hydrogen (secondary N) is 2. The standard InChI is InChI=1S/C24H24F3N5O/c25-24(26,27)15-32-21-12-16(6-7-19(21)22-20(23(32)33)13-29-30-22)18-5-2-1-4-17(18)14-31-10-3-8-28-9-11-31/h1-2,4-7,12-13,28H,3,8-11,14-15H2,(H,29,30). The minimum atomic E-state index is -4.52. The van der Waals surface area contributed by atoms with Crippen molar-refractivity contribution in [1.82, 2.24) is 25.0 Å². The fourth-order valence-corrected chi connectivity index (χ4v) is 4.62. The molecule has 0 saturated carbocycles. The van der Waals surface area contributed by atoms with Crippen molar-refractivity contribution in [1.29, 1.82) is 0 Å². The van der Waals surface area contributed by atoms with Crippen LogP contribution in [-0.4, -0.2) is 52.0 Å². The van der Waals surface area contributed by atoms with Gasteiger partial charge >= 0.3 is 6.18 Å². The van der Waals surface area contributed by atoms with Crippen LogP contribution in [0.15, 0.2) is 53.5 Å². The number of fused-ring (bicyclic) bond motifs is 3. The van der Waals surface area contributed by atoms with Gasteiger partial charge in [-0.25, -0.2) is 0 Å². The van der Waals surface area contributed by atoms with Gasteiger partial charge in [0, 0.05) is 25.0 Å². The minimum Gasteiger partial charge on any atom is -0.315 e. The number of alkyl halides is 3. The molecule has 4 aromatic rings. The van der Waals surface area contributed by atoms with Crippen LogP contribution in [0.4, 0.5) is 13.2 Å². The van der Waals surface area contributed by atoms with E-state index >= 15 is 0 Å². The Morgan fingerprint density at radius 2 is 1.88 bits per heavy atom. The summed E-state index contributed by atoms with van der Waals surface area (Å²) in [6.07, 6.45) is -2.17. The highest BCUT2D eigenvalue weighted by atomic mass is 19.4. The van der Waals surface area contributed by atoms with E-state index in [0.717, 1.165) is 60.4 Å². The van der Waals surface area contributed by atoms with Crippen molar-refractivity contribution in [3.63, 3.8) is 0 Å². The van der Waals surface area contributed by atoms with Crippen molar-refractivity contribution in [2.24, 2.45) is 0 Å². The van der Waals surface area contributed by atoms with Crippen molar-refractivity contribution >= 4 is 21.8 Å². The van der Waals surface area contributed by atoms with Crippen LogP contribution in [-0.2, 0) is 13.1 Å². The maximum absolute atomic E-state index is 13.4. The molecular formula is C24H24F3N5O. The number of H-pyrrole nitrogens is 1. The van der Waals surface area contributed by atoms with E-state index in [4.69, 9.17) is 0 Å². The van der Waals surface area contributed by atoms with Crippen LogP contribution >= 0.6 is 0 Å². The Hall–Kier alpha value is -3.17. The van der Waals surface area contributed by atoms with Gasteiger partial charge in [0.2, 0.25) is 0 Å². The topological polar surface area (TPSA) is 66.0 Å². The third-order valence-corrected chi connectivity index (χ3v) is 6.17. The van der Waals surface area contributed by atoms with Crippen LogP contribution < -0.4 is 10.9 Å². The second-order valence-corrected chi connectivity index (χ2v) is 8.43. The molecule has 0 spiro atoms. The summed E-state index contributed by atoms with van der Waals surface area (Å²) in [4.78, 5) is 15.3. The van der Waals surface area contributed by atoms with Crippen molar-refractivity contribution in [3.05, 3.63) is 64.6 Å². The fraction of sp³-hybridized carbons (Fsp3) is 0.333. The van der Waals surface area contributed by atoms with Crippen LogP contribution in [0, 0.1) is 0 Å². The van der Waals surface area contributed by atoms with E-state index < -0.39 is 18.3 Å². The molecule has 0 radical (unpaired) electrons. The van der Waals surface area contributed by atoms with E-state index in [2.05, 4.69) is 26.5 Å². The largest absolute Gasteiger partial charge is 0.406 e. The van der Waals surface area contributed by atoms with E-state index in [1.54, 1.807) is 12.1 Å². The first-order valence-corrected chi connectivity index (χ1v) is 11.0. The molecule has 2 aromatic heterocycles. The third-order valence-electron chi connectivity index (χ3n) is 6.17. The summed E-state index contributed by atoms with van der Waals surface area (Å²) >= 11 is 0. The number of hydrogen-bond donors (Lipinski definition) is 2. The van der Waals surface area contributed by atoms with Gasteiger partial charge in [-0.2, -0.15) is 18.3 Å². The average Bonchev–Trinajstić information content (AvgIpc) is 3.15. The predicted molar refractivity (Wildman–Crippen MR) is 122 cm³/mol. The molecule has 1 fully saturated rings. The number of nitrogens with zero attached hydrogens (tertiary/aromatic N) is 3. The summed E-state index contributed by atoms with van der Waals surface area (Å²) in [6.45, 7) is 3.26. The molecule has 0 aliphatic carbocycles. The zero-order valence-corrected chi connectivity index (χ0v) is 18.0. The molecule has 1 saturated heterocycles. The smallest absolute Gasteiger partial charge is 0.315 e. The van der Waals surface area contributed by atoms with Crippen molar-refractivity contribution in [2.75, 3.05) is 26.2 Å². The van der Waals surface area contributed by atoms with Gasteiger partial charge in [0.25, 0.3) is 5.56 Å². The number of aromatic amines is 1. The van der Waals surface area contributed by atoms with Gasteiger partial charge in [-0.15, -0.1) is 0 Å². The Morgan fingerprint density at radius 3 is 2.73 bits per heavy atom. The lowest BCUT2D eigenvalue weighted by Crippen LogP contribution is -2.28. The first-order chi connectivity index (χ1) is 15.9. The Balaban J connectivity index is 1.64. The van der Waals surface area contributed by atoms with Gasteiger partial charge < -0.3 is 5.32 Å². The van der Waals surface area contributed by atoms with Crippen molar-refractivity contribution in [3.8, 4) is 11.1 Å². The lowest BCUT2D eigenvalue weighted by molar-refractivity contribution is -0.140. The molecule has 0 amide bonds. The van der Waals surface area contributed by atoms with E-state index in [9.17, 15) is 18.0 Å². The molecule has 2 aromatic carbocycles. The number of halogens is 3. The molecule has 6 nitrogen and oxygen atoms in total.